The van der Waals surface area contributed by atoms with E-state index in [1.807, 2.05) is 41.2 Å². The summed E-state index contributed by atoms with van der Waals surface area (Å²) < 4.78 is 7.23. The maximum Gasteiger partial charge on any atom is 0.126 e. The quantitative estimate of drug-likeness (QED) is 0.669. The average molecular weight is 224 g/mol. The van der Waals surface area contributed by atoms with Crippen molar-refractivity contribution in [1.29, 1.82) is 0 Å². The van der Waals surface area contributed by atoms with Gasteiger partial charge in [0.1, 0.15) is 5.75 Å². The fraction of sp³-hybridized carbons (Fsp3) is 0.0714. The van der Waals surface area contributed by atoms with E-state index in [2.05, 4.69) is 17.2 Å². The van der Waals surface area contributed by atoms with Gasteiger partial charge in [-0.1, -0.05) is 24.3 Å². The van der Waals surface area contributed by atoms with Gasteiger partial charge in [0.05, 0.1) is 12.8 Å². The lowest BCUT2D eigenvalue weighted by Gasteiger charge is -2.10. The van der Waals surface area contributed by atoms with Crippen LogP contribution >= 0.6 is 0 Å². The number of fused-ring (bicyclic) bond motifs is 1. The Morgan fingerprint density at radius 3 is 2.53 bits per heavy atom. The summed E-state index contributed by atoms with van der Waals surface area (Å²) in [5.74, 6) is 0.886. The summed E-state index contributed by atoms with van der Waals surface area (Å²) in [7, 11) is 1.69. The molecule has 0 aliphatic carbocycles. The Balaban J connectivity index is 2.34. The van der Waals surface area contributed by atoms with E-state index >= 15 is 0 Å². The molecule has 3 rings (SSSR count). The summed E-state index contributed by atoms with van der Waals surface area (Å²) in [5.41, 5.74) is 1.06. The molecule has 0 aliphatic heterocycles. The Kier molecular flexibility index (Phi) is 2.29. The van der Waals surface area contributed by atoms with Gasteiger partial charge in [0.2, 0.25) is 0 Å². The minimum absolute atomic E-state index is 0.886. The van der Waals surface area contributed by atoms with Crippen molar-refractivity contribution in [2.24, 2.45) is 0 Å². The van der Waals surface area contributed by atoms with Crippen LogP contribution in [0.5, 0.6) is 5.75 Å². The minimum atomic E-state index is 0.886. The molecule has 0 unspecified atom stereocenters. The first-order chi connectivity index (χ1) is 8.40. The highest BCUT2D eigenvalue weighted by atomic mass is 16.5. The maximum atomic E-state index is 5.37. The smallest absolute Gasteiger partial charge is 0.126 e. The molecule has 1 aromatic heterocycles. The molecule has 2 aromatic carbocycles. The van der Waals surface area contributed by atoms with Crippen LogP contribution in [0.4, 0.5) is 0 Å². The second-order valence-electron chi connectivity index (χ2n) is 3.78. The third-order valence-electron chi connectivity index (χ3n) is 2.83. The van der Waals surface area contributed by atoms with Crippen LogP contribution in [0.25, 0.3) is 16.5 Å². The van der Waals surface area contributed by atoms with Gasteiger partial charge < -0.3 is 4.74 Å². The Hall–Kier alpha value is -2.29. The van der Waals surface area contributed by atoms with Gasteiger partial charge in [-0.3, -0.25) is 0 Å². The summed E-state index contributed by atoms with van der Waals surface area (Å²) in [6, 6.07) is 14.1. The first-order valence-corrected chi connectivity index (χ1v) is 5.46. The molecule has 0 atom stereocenters. The predicted octanol–water partition coefficient (Wildman–Crippen LogP) is 3.03. The van der Waals surface area contributed by atoms with E-state index in [9.17, 15) is 0 Å². The third-order valence-corrected chi connectivity index (χ3v) is 2.83. The Morgan fingerprint density at radius 2 is 1.82 bits per heavy atom. The largest absolute Gasteiger partial charge is 0.496 e. The van der Waals surface area contributed by atoms with Crippen molar-refractivity contribution in [3.63, 3.8) is 0 Å². The highest BCUT2D eigenvalue weighted by Crippen LogP contribution is 2.29. The van der Waals surface area contributed by atoms with Crippen molar-refractivity contribution >= 4 is 10.8 Å². The lowest BCUT2D eigenvalue weighted by Crippen LogP contribution is -1.96. The molecule has 84 valence electrons. The second-order valence-corrected chi connectivity index (χ2v) is 3.78. The molecule has 0 saturated carbocycles. The van der Waals surface area contributed by atoms with Gasteiger partial charge in [0.15, 0.2) is 0 Å². The molecular weight excluding hydrogens is 212 g/mol. The van der Waals surface area contributed by atoms with E-state index in [4.69, 9.17) is 4.74 Å². The predicted molar refractivity (Wildman–Crippen MR) is 67.6 cm³/mol. The van der Waals surface area contributed by atoms with Gasteiger partial charge in [-0.2, -0.15) is 5.10 Å². The van der Waals surface area contributed by atoms with Gasteiger partial charge in [-0.25, -0.2) is 4.68 Å². The van der Waals surface area contributed by atoms with E-state index < -0.39 is 0 Å². The topological polar surface area (TPSA) is 27.1 Å². The zero-order valence-corrected chi connectivity index (χ0v) is 9.50. The number of benzene rings is 2. The molecule has 0 fully saturated rings. The monoisotopic (exact) mass is 224 g/mol. The zero-order chi connectivity index (χ0) is 11.7. The number of rotatable bonds is 2. The van der Waals surface area contributed by atoms with Crippen molar-refractivity contribution in [3.8, 4) is 11.4 Å². The average Bonchev–Trinajstić information content (AvgIpc) is 2.91. The van der Waals surface area contributed by atoms with Crippen LogP contribution in [-0.2, 0) is 0 Å². The van der Waals surface area contributed by atoms with Gasteiger partial charge >= 0.3 is 0 Å². The van der Waals surface area contributed by atoms with Crippen molar-refractivity contribution in [3.05, 3.63) is 54.9 Å². The Morgan fingerprint density at radius 1 is 1.00 bits per heavy atom. The van der Waals surface area contributed by atoms with E-state index in [1.54, 1.807) is 13.3 Å². The van der Waals surface area contributed by atoms with E-state index in [1.165, 1.54) is 0 Å². The van der Waals surface area contributed by atoms with E-state index in [0.717, 1.165) is 22.2 Å². The molecule has 0 bridgehead atoms. The van der Waals surface area contributed by atoms with Crippen molar-refractivity contribution < 1.29 is 4.74 Å². The van der Waals surface area contributed by atoms with Gasteiger partial charge in [0, 0.05) is 23.2 Å². The normalized spacial score (nSPS) is 10.6. The Labute approximate surface area is 99.3 Å². The fourth-order valence-corrected chi connectivity index (χ4v) is 2.04. The molecule has 3 heteroatoms. The summed E-state index contributed by atoms with van der Waals surface area (Å²) in [4.78, 5) is 0. The van der Waals surface area contributed by atoms with Gasteiger partial charge in [-0.05, 0) is 18.2 Å². The van der Waals surface area contributed by atoms with Crippen LogP contribution in [0.15, 0.2) is 54.9 Å². The number of methoxy groups -OCH3 is 1. The standard InChI is InChI=1S/C14H12N2O/c1-17-14-8-7-13(16-10-4-9-15-16)11-5-2-3-6-12(11)14/h2-10H,1H3. The minimum Gasteiger partial charge on any atom is -0.496 e. The zero-order valence-electron chi connectivity index (χ0n) is 9.50. The first kappa shape index (κ1) is 9.90. The van der Waals surface area contributed by atoms with Crippen molar-refractivity contribution in [1.82, 2.24) is 9.78 Å². The highest BCUT2D eigenvalue weighted by Gasteiger charge is 2.06. The molecule has 0 saturated heterocycles. The van der Waals surface area contributed by atoms with Crippen LogP contribution in [0, 0.1) is 0 Å². The number of nitrogens with zero attached hydrogens (tertiary/aromatic N) is 2. The van der Waals surface area contributed by atoms with Crippen LogP contribution in [0.2, 0.25) is 0 Å². The van der Waals surface area contributed by atoms with E-state index in [-0.39, 0.29) is 0 Å². The summed E-state index contributed by atoms with van der Waals surface area (Å²) in [5, 5.41) is 6.50. The summed E-state index contributed by atoms with van der Waals surface area (Å²) >= 11 is 0. The highest BCUT2D eigenvalue weighted by molar-refractivity contribution is 5.94. The third kappa shape index (κ3) is 1.56. The maximum absolute atomic E-state index is 5.37. The first-order valence-electron chi connectivity index (χ1n) is 5.46. The van der Waals surface area contributed by atoms with Gasteiger partial charge in [-0.15, -0.1) is 0 Å². The second kappa shape index (κ2) is 3.94. The van der Waals surface area contributed by atoms with Crippen molar-refractivity contribution in [2.45, 2.75) is 0 Å². The molecule has 3 aromatic rings. The van der Waals surface area contributed by atoms with Crippen LogP contribution < -0.4 is 4.74 Å². The summed E-state index contributed by atoms with van der Waals surface area (Å²) in [6.45, 7) is 0. The Bertz CT molecular complexity index is 644. The molecule has 0 amide bonds. The lowest BCUT2D eigenvalue weighted by atomic mass is 10.1. The molecule has 1 heterocycles. The lowest BCUT2D eigenvalue weighted by molar-refractivity contribution is 0.420. The van der Waals surface area contributed by atoms with Crippen molar-refractivity contribution in [2.75, 3.05) is 7.11 Å². The van der Waals surface area contributed by atoms with Crippen LogP contribution in [0.3, 0.4) is 0 Å². The van der Waals surface area contributed by atoms with E-state index in [0.29, 0.717) is 0 Å². The molecule has 0 N–H and O–H groups in total. The molecule has 17 heavy (non-hydrogen) atoms. The number of aromatic nitrogens is 2. The van der Waals surface area contributed by atoms with Crippen LogP contribution in [-0.4, -0.2) is 16.9 Å². The molecule has 3 nitrogen and oxygen atoms in total. The molecule has 0 spiro atoms. The SMILES string of the molecule is COc1ccc(-n2cccn2)c2ccccc12. The number of hydrogen-bond donors (Lipinski definition) is 0. The van der Waals surface area contributed by atoms with Gasteiger partial charge in [0.25, 0.3) is 0 Å². The number of ether oxygens (including phenoxy) is 1. The molecule has 0 aliphatic rings. The molecule has 0 radical (unpaired) electrons. The van der Waals surface area contributed by atoms with Crippen LogP contribution in [0.1, 0.15) is 0 Å². The summed E-state index contributed by atoms with van der Waals surface area (Å²) in [6.07, 6.45) is 3.72. The molecular formula is C14H12N2O. The number of hydrogen-bond acceptors (Lipinski definition) is 2. The fourth-order valence-electron chi connectivity index (χ4n) is 2.04.